The Morgan fingerprint density at radius 3 is 2.55 bits per heavy atom. The number of carbonyl (C=O) groups is 2. The smallest absolute Gasteiger partial charge is 0.317 e. The molecule has 0 radical (unpaired) electrons. The van der Waals surface area contributed by atoms with Crippen LogP contribution in [-0.4, -0.2) is 40.0 Å². The van der Waals surface area contributed by atoms with Gasteiger partial charge in [0.2, 0.25) is 5.91 Å². The molecule has 1 rings (SSSR count). The zero-order valence-corrected chi connectivity index (χ0v) is 12.3. The third-order valence-electron chi connectivity index (χ3n) is 3.03. The number of nitrogens with one attached hydrogen (secondary N) is 1. The van der Waals surface area contributed by atoms with Crippen LogP contribution in [0, 0.1) is 0 Å². The molecule has 20 heavy (non-hydrogen) atoms. The summed E-state index contributed by atoms with van der Waals surface area (Å²) >= 11 is 0. The van der Waals surface area contributed by atoms with Gasteiger partial charge in [0, 0.05) is 5.54 Å². The van der Waals surface area contributed by atoms with Crippen molar-refractivity contribution in [3.05, 3.63) is 24.2 Å². The summed E-state index contributed by atoms with van der Waals surface area (Å²) in [5.74, 6) is -0.519. The summed E-state index contributed by atoms with van der Waals surface area (Å²) in [5.41, 5.74) is -0.417. The molecule has 0 saturated carbocycles. The summed E-state index contributed by atoms with van der Waals surface area (Å²) in [6.07, 6.45) is 1.54. The fourth-order valence-corrected chi connectivity index (χ4v) is 1.98. The highest BCUT2D eigenvalue weighted by atomic mass is 16.4. The number of carboxylic acids is 1. The first-order chi connectivity index (χ1) is 9.21. The average molecular weight is 282 g/mol. The van der Waals surface area contributed by atoms with Gasteiger partial charge in [-0.1, -0.05) is 0 Å². The number of furan rings is 1. The summed E-state index contributed by atoms with van der Waals surface area (Å²) in [6.45, 7) is 7.45. The van der Waals surface area contributed by atoms with Crippen molar-refractivity contribution >= 4 is 11.9 Å². The SMILES string of the molecule is CC(C(=O)NCc1ccco1)N(CC(=O)O)C(C)(C)C. The Balaban J connectivity index is 2.65. The minimum absolute atomic E-state index is 0.182. The molecule has 6 nitrogen and oxygen atoms in total. The zero-order chi connectivity index (χ0) is 15.3. The fraction of sp³-hybridized carbons (Fsp3) is 0.571. The molecule has 1 aromatic heterocycles. The summed E-state index contributed by atoms with van der Waals surface area (Å²) in [4.78, 5) is 24.7. The highest BCUT2D eigenvalue weighted by Crippen LogP contribution is 2.17. The monoisotopic (exact) mass is 282 g/mol. The van der Waals surface area contributed by atoms with Crippen molar-refractivity contribution in [1.82, 2.24) is 10.2 Å². The second-order valence-corrected chi connectivity index (χ2v) is 5.67. The van der Waals surface area contributed by atoms with E-state index >= 15 is 0 Å². The fourth-order valence-electron chi connectivity index (χ4n) is 1.98. The third kappa shape index (κ3) is 4.70. The first kappa shape index (κ1) is 16.2. The lowest BCUT2D eigenvalue weighted by molar-refractivity contribution is -0.142. The highest BCUT2D eigenvalue weighted by Gasteiger charge is 2.31. The van der Waals surface area contributed by atoms with Gasteiger partial charge in [-0.25, -0.2) is 0 Å². The van der Waals surface area contributed by atoms with E-state index in [1.54, 1.807) is 24.0 Å². The number of hydrogen-bond donors (Lipinski definition) is 2. The molecule has 0 spiro atoms. The normalized spacial score (nSPS) is 13.2. The van der Waals surface area contributed by atoms with Crippen LogP contribution in [0.2, 0.25) is 0 Å². The highest BCUT2D eigenvalue weighted by molar-refractivity contribution is 5.82. The van der Waals surface area contributed by atoms with Crippen molar-refractivity contribution in [2.75, 3.05) is 6.54 Å². The second kappa shape index (κ2) is 6.56. The summed E-state index contributed by atoms with van der Waals surface area (Å²) in [5, 5.41) is 11.7. The predicted octanol–water partition coefficient (Wildman–Crippen LogP) is 1.47. The first-order valence-corrected chi connectivity index (χ1v) is 6.50. The number of nitrogens with zero attached hydrogens (tertiary/aromatic N) is 1. The van der Waals surface area contributed by atoms with Gasteiger partial charge in [-0.15, -0.1) is 0 Å². The van der Waals surface area contributed by atoms with Crippen LogP contribution in [0.4, 0.5) is 0 Å². The van der Waals surface area contributed by atoms with E-state index in [2.05, 4.69) is 5.32 Å². The summed E-state index contributed by atoms with van der Waals surface area (Å²) in [7, 11) is 0. The van der Waals surface area contributed by atoms with E-state index in [0.29, 0.717) is 12.3 Å². The Morgan fingerprint density at radius 2 is 2.10 bits per heavy atom. The lowest BCUT2D eigenvalue weighted by atomic mass is 10.0. The molecule has 0 aliphatic heterocycles. The second-order valence-electron chi connectivity index (χ2n) is 5.67. The maximum Gasteiger partial charge on any atom is 0.317 e. The number of amides is 1. The molecule has 0 aliphatic rings. The Morgan fingerprint density at radius 1 is 1.45 bits per heavy atom. The van der Waals surface area contributed by atoms with Gasteiger partial charge in [0.05, 0.1) is 25.4 Å². The summed E-state index contributed by atoms with van der Waals surface area (Å²) in [6, 6.07) is 2.97. The molecule has 1 unspecified atom stereocenters. The molecule has 1 heterocycles. The maximum absolute atomic E-state index is 12.1. The molecule has 1 aromatic rings. The van der Waals surface area contributed by atoms with Gasteiger partial charge in [0.25, 0.3) is 0 Å². The lowest BCUT2D eigenvalue weighted by Crippen LogP contribution is -2.54. The Bertz CT molecular complexity index is 448. The number of carboxylic acid groups (broad SMARTS) is 1. The van der Waals surface area contributed by atoms with Gasteiger partial charge in [-0.3, -0.25) is 14.5 Å². The predicted molar refractivity (Wildman–Crippen MR) is 74.1 cm³/mol. The topological polar surface area (TPSA) is 82.8 Å². The van der Waals surface area contributed by atoms with Crippen LogP contribution in [0.15, 0.2) is 22.8 Å². The number of hydrogen-bond acceptors (Lipinski definition) is 4. The minimum Gasteiger partial charge on any atom is -0.480 e. The first-order valence-electron chi connectivity index (χ1n) is 6.50. The molecular formula is C14H22N2O4. The molecule has 1 atom stereocenters. The lowest BCUT2D eigenvalue weighted by Gasteiger charge is -2.38. The van der Waals surface area contributed by atoms with E-state index in [1.165, 1.54) is 6.26 Å². The van der Waals surface area contributed by atoms with Crippen LogP contribution in [0.5, 0.6) is 0 Å². The van der Waals surface area contributed by atoms with Gasteiger partial charge in [-0.2, -0.15) is 0 Å². The van der Waals surface area contributed by atoms with E-state index in [9.17, 15) is 9.59 Å². The molecule has 2 N–H and O–H groups in total. The van der Waals surface area contributed by atoms with Crippen LogP contribution < -0.4 is 5.32 Å². The van der Waals surface area contributed by atoms with Crippen LogP contribution in [0.1, 0.15) is 33.5 Å². The van der Waals surface area contributed by atoms with Crippen molar-refractivity contribution in [3.8, 4) is 0 Å². The van der Waals surface area contributed by atoms with E-state index in [0.717, 1.165) is 0 Å². The molecule has 0 aromatic carbocycles. The Kier molecular flexibility index (Phi) is 5.33. The van der Waals surface area contributed by atoms with Crippen LogP contribution in [0.25, 0.3) is 0 Å². The molecule has 0 fully saturated rings. The molecule has 0 saturated heterocycles. The Labute approximate surface area is 118 Å². The van der Waals surface area contributed by atoms with E-state index in [4.69, 9.17) is 9.52 Å². The average Bonchev–Trinajstić information content (AvgIpc) is 2.83. The van der Waals surface area contributed by atoms with Gasteiger partial charge >= 0.3 is 5.97 Å². The summed E-state index contributed by atoms with van der Waals surface area (Å²) < 4.78 is 5.13. The van der Waals surface area contributed by atoms with Crippen LogP contribution >= 0.6 is 0 Å². The molecule has 112 valence electrons. The Hall–Kier alpha value is -1.82. The molecule has 1 amide bonds. The van der Waals surface area contributed by atoms with Gasteiger partial charge in [-0.05, 0) is 39.8 Å². The van der Waals surface area contributed by atoms with Gasteiger partial charge in [0.15, 0.2) is 0 Å². The maximum atomic E-state index is 12.1. The molecular weight excluding hydrogens is 260 g/mol. The number of rotatable bonds is 6. The van der Waals surface area contributed by atoms with Crippen LogP contribution in [0.3, 0.4) is 0 Å². The molecule has 0 aliphatic carbocycles. The van der Waals surface area contributed by atoms with Crippen molar-refractivity contribution in [1.29, 1.82) is 0 Å². The van der Waals surface area contributed by atoms with Crippen molar-refractivity contribution in [2.24, 2.45) is 0 Å². The quantitative estimate of drug-likeness (QED) is 0.825. The van der Waals surface area contributed by atoms with E-state index < -0.39 is 17.6 Å². The minimum atomic E-state index is -0.953. The van der Waals surface area contributed by atoms with Crippen molar-refractivity contribution in [3.63, 3.8) is 0 Å². The van der Waals surface area contributed by atoms with Crippen molar-refractivity contribution < 1.29 is 19.1 Å². The largest absolute Gasteiger partial charge is 0.480 e. The molecule has 0 bridgehead atoms. The zero-order valence-electron chi connectivity index (χ0n) is 12.3. The standard InChI is InChI=1S/C14H22N2O4/c1-10(16(9-12(17)18)14(2,3)4)13(19)15-8-11-6-5-7-20-11/h5-7,10H,8-9H2,1-4H3,(H,15,19)(H,17,18). The molecule has 6 heteroatoms. The van der Waals surface area contributed by atoms with E-state index in [1.807, 2.05) is 20.8 Å². The third-order valence-corrected chi connectivity index (χ3v) is 3.03. The van der Waals surface area contributed by atoms with Crippen LogP contribution in [-0.2, 0) is 16.1 Å². The van der Waals surface area contributed by atoms with Gasteiger partial charge < -0.3 is 14.8 Å². The number of aliphatic carboxylic acids is 1. The number of carbonyl (C=O) groups excluding carboxylic acids is 1. The van der Waals surface area contributed by atoms with Gasteiger partial charge in [0.1, 0.15) is 5.76 Å². The van der Waals surface area contributed by atoms with Crippen molar-refractivity contribution in [2.45, 2.75) is 45.8 Å². The van der Waals surface area contributed by atoms with E-state index in [-0.39, 0.29) is 12.5 Å².